The summed E-state index contributed by atoms with van der Waals surface area (Å²) in [5.41, 5.74) is 2.97. The van der Waals surface area contributed by atoms with E-state index in [-0.39, 0.29) is 0 Å². The molecule has 5 heteroatoms. The van der Waals surface area contributed by atoms with Gasteiger partial charge in [0.05, 0.1) is 0 Å². The SMILES string of the molecule is CCNC1c2ccccc2CCCC1Sc1nc(C)ns1. The Morgan fingerprint density at radius 3 is 3.00 bits per heavy atom. The van der Waals surface area contributed by atoms with E-state index in [9.17, 15) is 0 Å². The lowest BCUT2D eigenvalue weighted by Crippen LogP contribution is -2.29. The molecule has 21 heavy (non-hydrogen) atoms. The third-order valence-corrected chi connectivity index (χ3v) is 6.10. The second kappa shape index (κ2) is 6.90. The van der Waals surface area contributed by atoms with Crippen LogP contribution in [0.1, 0.15) is 42.8 Å². The first kappa shape index (κ1) is 15.0. The van der Waals surface area contributed by atoms with Crippen LogP contribution >= 0.6 is 23.3 Å². The van der Waals surface area contributed by atoms with Crippen molar-refractivity contribution in [1.29, 1.82) is 0 Å². The van der Waals surface area contributed by atoms with Gasteiger partial charge in [-0.2, -0.15) is 4.37 Å². The lowest BCUT2D eigenvalue weighted by atomic mass is 9.99. The first-order valence-corrected chi connectivity index (χ1v) is 9.21. The normalized spacial score (nSPS) is 21.8. The van der Waals surface area contributed by atoms with Gasteiger partial charge in [0.15, 0.2) is 4.34 Å². The molecule has 1 aliphatic carbocycles. The quantitative estimate of drug-likeness (QED) is 0.865. The monoisotopic (exact) mass is 319 g/mol. The molecule has 3 rings (SSSR count). The Morgan fingerprint density at radius 2 is 2.24 bits per heavy atom. The highest BCUT2D eigenvalue weighted by atomic mass is 32.2. The standard InChI is InChI=1S/C16H21N3S2/c1-3-17-15-13-9-5-4-7-12(13)8-6-10-14(15)20-16-18-11(2)19-21-16/h4-5,7,9,14-15,17H,3,6,8,10H2,1-2H3. The number of fused-ring (bicyclic) bond motifs is 1. The first-order valence-electron chi connectivity index (χ1n) is 7.56. The Labute approximate surface area is 134 Å². The van der Waals surface area contributed by atoms with Crippen molar-refractivity contribution in [2.24, 2.45) is 0 Å². The predicted molar refractivity (Wildman–Crippen MR) is 90.1 cm³/mol. The molecule has 0 bridgehead atoms. The number of thioether (sulfide) groups is 1. The number of hydrogen-bond acceptors (Lipinski definition) is 5. The Kier molecular flexibility index (Phi) is 4.93. The van der Waals surface area contributed by atoms with Crippen LogP contribution in [-0.2, 0) is 6.42 Å². The molecule has 2 unspecified atom stereocenters. The lowest BCUT2D eigenvalue weighted by Gasteiger charge is -2.26. The van der Waals surface area contributed by atoms with Crippen LogP contribution in [-0.4, -0.2) is 21.2 Å². The third kappa shape index (κ3) is 3.47. The summed E-state index contributed by atoms with van der Waals surface area (Å²) in [7, 11) is 0. The van der Waals surface area contributed by atoms with E-state index < -0.39 is 0 Å². The van der Waals surface area contributed by atoms with Gasteiger partial charge >= 0.3 is 0 Å². The molecular weight excluding hydrogens is 298 g/mol. The lowest BCUT2D eigenvalue weighted by molar-refractivity contribution is 0.516. The number of aryl methyl sites for hydroxylation is 2. The van der Waals surface area contributed by atoms with Gasteiger partial charge in [0.25, 0.3) is 0 Å². The number of hydrogen-bond donors (Lipinski definition) is 1. The average molecular weight is 319 g/mol. The van der Waals surface area contributed by atoms with Gasteiger partial charge in [-0.15, -0.1) is 0 Å². The van der Waals surface area contributed by atoms with Gasteiger partial charge in [-0.05, 0) is 55.4 Å². The molecule has 1 aromatic carbocycles. The van der Waals surface area contributed by atoms with E-state index in [1.54, 1.807) is 0 Å². The van der Waals surface area contributed by atoms with Crippen molar-refractivity contribution in [2.45, 2.75) is 48.7 Å². The summed E-state index contributed by atoms with van der Waals surface area (Å²) < 4.78 is 5.41. The Morgan fingerprint density at radius 1 is 1.38 bits per heavy atom. The largest absolute Gasteiger partial charge is 0.309 e. The summed E-state index contributed by atoms with van der Waals surface area (Å²) in [5, 5.41) is 4.22. The van der Waals surface area contributed by atoms with E-state index in [4.69, 9.17) is 0 Å². The van der Waals surface area contributed by atoms with Crippen molar-refractivity contribution in [3.63, 3.8) is 0 Å². The van der Waals surface area contributed by atoms with E-state index in [1.165, 1.54) is 41.9 Å². The second-order valence-corrected chi connectivity index (χ2v) is 7.63. The minimum atomic E-state index is 0.405. The van der Waals surface area contributed by atoms with Crippen molar-refractivity contribution in [2.75, 3.05) is 6.54 Å². The van der Waals surface area contributed by atoms with Crippen LogP contribution in [0.4, 0.5) is 0 Å². The van der Waals surface area contributed by atoms with E-state index in [1.807, 2.05) is 18.7 Å². The van der Waals surface area contributed by atoms with E-state index >= 15 is 0 Å². The summed E-state index contributed by atoms with van der Waals surface area (Å²) in [5.74, 6) is 0.886. The summed E-state index contributed by atoms with van der Waals surface area (Å²) in [4.78, 5) is 4.53. The molecule has 3 nitrogen and oxygen atoms in total. The maximum atomic E-state index is 4.53. The van der Waals surface area contributed by atoms with E-state index in [2.05, 4.69) is 45.9 Å². The summed E-state index contributed by atoms with van der Waals surface area (Å²) in [6.45, 7) is 5.14. The maximum absolute atomic E-state index is 4.53. The number of aromatic nitrogens is 2. The number of nitrogens with one attached hydrogen (secondary N) is 1. The smallest absolute Gasteiger partial charge is 0.170 e. The summed E-state index contributed by atoms with van der Waals surface area (Å²) in [6, 6.07) is 9.28. The molecule has 0 fully saturated rings. The number of rotatable bonds is 4. The number of nitrogens with zero attached hydrogens (tertiary/aromatic N) is 2. The van der Waals surface area contributed by atoms with Crippen LogP contribution in [0.5, 0.6) is 0 Å². The molecule has 1 heterocycles. The van der Waals surface area contributed by atoms with Gasteiger partial charge in [-0.1, -0.05) is 43.0 Å². The first-order chi connectivity index (χ1) is 10.3. The number of benzene rings is 1. The molecule has 0 saturated carbocycles. The predicted octanol–water partition coefficient (Wildman–Crippen LogP) is 3.99. The van der Waals surface area contributed by atoms with Gasteiger partial charge in [0.2, 0.25) is 0 Å². The molecule has 0 radical (unpaired) electrons. The van der Waals surface area contributed by atoms with Crippen molar-refractivity contribution in [3.05, 3.63) is 41.2 Å². The molecule has 1 N–H and O–H groups in total. The van der Waals surface area contributed by atoms with Crippen molar-refractivity contribution in [3.8, 4) is 0 Å². The highest BCUT2D eigenvalue weighted by Gasteiger charge is 2.28. The molecule has 0 saturated heterocycles. The molecule has 112 valence electrons. The molecule has 1 aliphatic rings. The van der Waals surface area contributed by atoms with Crippen molar-refractivity contribution >= 4 is 23.3 Å². The van der Waals surface area contributed by atoms with Gasteiger partial charge in [-0.25, -0.2) is 4.98 Å². The molecule has 0 amide bonds. The van der Waals surface area contributed by atoms with Crippen molar-refractivity contribution in [1.82, 2.24) is 14.7 Å². The van der Waals surface area contributed by atoms with Crippen LogP contribution in [0, 0.1) is 6.92 Å². The highest BCUT2D eigenvalue weighted by Crippen LogP contribution is 2.39. The zero-order valence-electron chi connectivity index (χ0n) is 12.5. The highest BCUT2D eigenvalue weighted by molar-refractivity contribution is 8.01. The maximum Gasteiger partial charge on any atom is 0.170 e. The van der Waals surface area contributed by atoms with Crippen LogP contribution in [0.25, 0.3) is 0 Å². The molecule has 0 aliphatic heterocycles. The minimum absolute atomic E-state index is 0.405. The molecule has 2 atom stereocenters. The van der Waals surface area contributed by atoms with Crippen molar-refractivity contribution < 1.29 is 0 Å². The minimum Gasteiger partial charge on any atom is -0.309 e. The third-order valence-electron chi connectivity index (χ3n) is 3.88. The molecule has 2 aromatic rings. The van der Waals surface area contributed by atoms with Gasteiger partial charge in [-0.3, -0.25) is 0 Å². The Balaban J connectivity index is 1.88. The fraction of sp³-hybridized carbons (Fsp3) is 0.500. The van der Waals surface area contributed by atoms with Crippen LogP contribution < -0.4 is 5.32 Å². The summed E-state index contributed by atoms with van der Waals surface area (Å²) in [6.07, 6.45) is 3.65. The van der Waals surface area contributed by atoms with Crippen LogP contribution in [0.15, 0.2) is 28.6 Å². The topological polar surface area (TPSA) is 37.8 Å². The second-order valence-electron chi connectivity index (χ2n) is 5.39. The molecular formula is C16H21N3S2. The van der Waals surface area contributed by atoms with E-state index in [0.717, 1.165) is 16.7 Å². The van der Waals surface area contributed by atoms with Gasteiger partial charge in [0.1, 0.15) is 5.82 Å². The fourth-order valence-electron chi connectivity index (χ4n) is 2.97. The van der Waals surface area contributed by atoms with Crippen LogP contribution in [0.2, 0.25) is 0 Å². The zero-order chi connectivity index (χ0) is 14.7. The molecule has 1 aromatic heterocycles. The summed E-state index contributed by atoms with van der Waals surface area (Å²) >= 11 is 3.42. The Bertz CT molecular complexity index is 597. The van der Waals surface area contributed by atoms with Gasteiger partial charge in [0, 0.05) is 11.3 Å². The molecule has 0 spiro atoms. The van der Waals surface area contributed by atoms with E-state index in [0.29, 0.717) is 11.3 Å². The van der Waals surface area contributed by atoms with Crippen LogP contribution in [0.3, 0.4) is 0 Å². The Hall–Kier alpha value is -0.910. The zero-order valence-corrected chi connectivity index (χ0v) is 14.1. The van der Waals surface area contributed by atoms with Gasteiger partial charge < -0.3 is 5.32 Å². The average Bonchev–Trinajstić information content (AvgIpc) is 2.81. The fourth-order valence-corrected chi connectivity index (χ4v) is 5.16.